The van der Waals surface area contributed by atoms with E-state index in [9.17, 15) is 9.18 Å². The van der Waals surface area contributed by atoms with Crippen LogP contribution >= 0.6 is 23.2 Å². The predicted octanol–water partition coefficient (Wildman–Crippen LogP) is 3.62. The smallest absolute Gasteiger partial charge is 0.253 e. The average molecular weight is 290 g/mol. The van der Waals surface area contributed by atoms with Gasteiger partial charge in [-0.15, -0.1) is 11.6 Å². The number of carbonyl (C=O) groups is 1. The Hall–Kier alpha value is -0.800. The summed E-state index contributed by atoms with van der Waals surface area (Å²) < 4.78 is 12.9. The molecule has 2 nitrogen and oxygen atoms in total. The fraction of sp³-hybridized carbons (Fsp3) is 0.462. The molecule has 1 aliphatic rings. The van der Waals surface area contributed by atoms with Gasteiger partial charge in [-0.3, -0.25) is 4.79 Å². The Morgan fingerprint density at radius 3 is 2.89 bits per heavy atom. The molecule has 0 aromatic heterocycles. The third-order valence-corrected chi connectivity index (χ3v) is 4.06. The monoisotopic (exact) mass is 289 g/mol. The first-order chi connectivity index (χ1) is 8.61. The van der Waals surface area contributed by atoms with Crippen LogP contribution in [0.4, 0.5) is 4.39 Å². The quantitative estimate of drug-likeness (QED) is 0.846. The molecule has 1 aliphatic carbocycles. The summed E-state index contributed by atoms with van der Waals surface area (Å²) in [6.45, 7) is 0. The van der Waals surface area contributed by atoms with Crippen LogP contribution < -0.4 is 5.32 Å². The summed E-state index contributed by atoms with van der Waals surface area (Å²) in [4.78, 5) is 12.0. The predicted molar refractivity (Wildman–Crippen MR) is 70.7 cm³/mol. The molecule has 0 saturated heterocycles. The Balaban J connectivity index is 2.07. The van der Waals surface area contributed by atoms with Crippen LogP contribution in [0.2, 0.25) is 5.02 Å². The molecule has 0 bridgehead atoms. The van der Waals surface area contributed by atoms with E-state index in [4.69, 9.17) is 23.2 Å². The molecule has 0 spiro atoms. The van der Waals surface area contributed by atoms with Crippen LogP contribution in [0.3, 0.4) is 0 Å². The van der Waals surface area contributed by atoms with Gasteiger partial charge in [0.1, 0.15) is 5.82 Å². The Bertz CT molecular complexity index is 453. The number of amides is 1. The summed E-state index contributed by atoms with van der Waals surface area (Å²) in [5.74, 6) is 0.148. The van der Waals surface area contributed by atoms with Crippen molar-refractivity contribution in [2.24, 2.45) is 5.92 Å². The summed E-state index contributed by atoms with van der Waals surface area (Å²) in [5, 5.41) is 3.06. The Morgan fingerprint density at radius 1 is 1.44 bits per heavy atom. The lowest BCUT2D eigenvalue weighted by Crippen LogP contribution is -2.38. The molecule has 1 saturated carbocycles. The summed E-state index contributed by atoms with van der Waals surface area (Å²) in [5.41, 5.74) is 0.304. The van der Waals surface area contributed by atoms with Gasteiger partial charge in [-0.2, -0.15) is 0 Å². The van der Waals surface area contributed by atoms with Crippen molar-refractivity contribution in [3.63, 3.8) is 0 Å². The van der Waals surface area contributed by atoms with Crippen LogP contribution in [-0.4, -0.2) is 17.8 Å². The highest BCUT2D eigenvalue weighted by Crippen LogP contribution is 2.27. The van der Waals surface area contributed by atoms with Crippen molar-refractivity contribution in [3.8, 4) is 0 Å². The molecule has 0 radical (unpaired) electrons. The van der Waals surface area contributed by atoms with Gasteiger partial charge >= 0.3 is 0 Å². The molecule has 5 heteroatoms. The summed E-state index contributed by atoms with van der Waals surface area (Å²) in [7, 11) is 0. The molecule has 2 unspecified atom stereocenters. The van der Waals surface area contributed by atoms with Gasteiger partial charge in [0.25, 0.3) is 5.91 Å². The van der Waals surface area contributed by atoms with Crippen LogP contribution in [0.5, 0.6) is 0 Å². The molecule has 2 atom stereocenters. The van der Waals surface area contributed by atoms with Gasteiger partial charge in [0, 0.05) is 11.9 Å². The maximum atomic E-state index is 12.9. The molecular formula is C13H14Cl2FNO. The van der Waals surface area contributed by atoms with E-state index in [1.807, 2.05) is 0 Å². The number of alkyl halides is 1. The lowest BCUT2D eigenvalue weighted by atomic mass is 10.1. The first kappa shape index (κ1) is 13.6. The highest BCUT2D eigenvalue weighted by Gasteiger charge is 2.28. The van der Waals surface area contributed by atoms with Crippen LogP contribution in [0.25, 0.3) is 0 Å². The minimum Gasteiger partial charge on any atom is -0.349 e. The van der Waals surface area contributed by atoms with Crippen molar-refractivity contribution in [1.29, 1.82) is 0 Å². The zero-order chi connectivity index (χ0) is 13.1. The summed E-state index contributed by atoms with van der Waals surface area (Å²) in [6.07, 6.45) is 3.03. The van der Waals surface area contributed by atoms with Crippen molar-refractivity contribution in [1.82, 2.24) is 5.32 Å². The van der Waals surface area contributed by atoms with E-state index in [1.54, 1.807) is 0 Å². The highest BCUT2D eigenvalue weighted by molar-refractivity contribution is 6.33. The zero-order valence-electron chi connectivity index (χ0n) is 9.76. The average Bonchev–Trinajstić information content (AvgIpc) is 2.76. The van der Waals surface area contributed by atoms with E-state index in [1.165, 1.54) is 12.1 Å². The molecule has 1 aromatic carbocycles. The maximum Gasteiger partial charge on any atom is 0.253 e. The normalized spacial score (nSPS) is 23.1. The van der Waals surface area contributed by atoms with Crippen molar-refractivity contribution in [2.45, 2.75) is 25.3 Å². The number of hydrogen-bond acceptors (Lipinski definition) is 1. The van der Waals surface area contributed by atoms with Crippen molar-refractivity contribution in [3.05, 3.63) is 34.6 Å². The molecule has 0 heterocycles. The van der Waals surface area contributed by atoms with Crippen LogP contribution in [0, 0.1) is 11.7 Å². The first-order valence-corrected chi connectivity index (χ1v) is 6.85. The second-order valence-electron chi connectivity index (χ2n) is 4.55. The standard InChI is InChI=1S/C13H14Cl2FNO/c14-7-8-2-1-3-12(8)17-13(18)10-5-4-9(16)6-11(10)15/h4-6,8,12H,1-3,7H2,(H,17,18). The van der Waals surface area contributed by atoms with Crippen molar-refractivity contribution < 1.29 is 9.18 Å². The van der Waals surface area contributed by atoms with Gasteiger partial charge in [0.15, 0.2) is 0 Å². The van der Waals surface area contributed by atoms with Gasteiger partial charge in [-0.05, 0) is 37.0 Å². The van der Waals surface area contributed by atoms with Crippen LogP contribution in [0.15, 0.2) is 18.2 Å². The third-order valence-electron chi connectivity index (χ3n) is 3.35. The van der Waals surface area contributed by atoms with Crippen molar-refractivity contribution >= 4 is 29.1 Å². The molecule has 1 fully saturated rings. The zero-order valence-corrected chi connectivity index (χ0v) is 11.3. The first-order valence-electron chi connectivity index (χ1n) is 5.93. The molecule has 0 aliphatic heterocycles. The number of halogens is 3. The topological polar surface area (TPSA) is 29.1 Å². The van der Waals surface area contributed by atoms with E-state index in [2.05, 4.69) is 5.32 Å². The molecule has 1 aromatic rings. The minimum absolute atomic E-state index is 0.0936. The van der Waals surface area contributed by atoms with Crippen LogP contribution in [0.1, 0.15) is 29.6 Å². The lowest BCUT2D eigenvalue weighted by molar-refractivity contribution is 0.0930. The number of benzene rings is 1. The fourth-order valence-electron chi connectivity index (χ4n) is 2.33. The second kappa shape index (κ2) is 5.89. The second-order valence-corrected chi connectivity index (χ2v) is 5.27. The molecule has 18 heavy (non-hydrogen) atoms. The Morgan fingerprint density at radius 2 is 2.22 bits per heavy atom. The van der Waals surface area contributed by atoms with E-state index >= 15 is 0 Å². The van der Waals surface area contributed by atoms with E-state index in [0.717, 1.165) is 25.3 Å². The van der Waals surface area contributed by atoms with Gasteiger partial charge in [0.2, 0.25) is 0 Å². The molecule has 1 N–H and O–H groups in total. The lowest BCUT2D eigenvalue weighted by Gasteiger charge is -2.19. The number of nitrogens with one attached hydrogen (secondary N) is 1. The van der Waals surface area contributed by atoms with Gasteiger partial charge < -0.3 is 5.32 Å². The number of rotatable bonds is 3. The minimum atomic E-state index is -0.448. The highest BCUT2D eigenvalue weighted by atomic mass is 35.5. The molecule has 1 amide bonds. The van der Waals surface area contributed by atoms with Gasteiger partial charge in [-0.25, -0.2) is 4.39 Å². The van der Waals surface area contributed by atoms with Gasteiger partial charge in [0.05, 0.1) is 10.6 Å². The van der Waals surface area contributed by atoms with Crippen molar-refractivity contribution in [2.75, 3.05) is 5.88 Å². The Kier molecular flexibility index (Phi) is 4.46. The number of carbonyl (C=O) groups excluding carboxylic acids is 1. The summed E-state index contributed by atoms with van der Waals surface area (Å²) >= 11 is 11.7. The molecule has 98 valence electrons. The van der Waals surface area contributed by atoms with Crippen LogP contribution in [-0.2, 0) is 0 Å². The van der Waals surface area contributed by atoms with E-state index in [0.29, 0.717) is 17.4 Å². The SMILES string of the molecule is O=C(NC1CCCC1CCl)c1ccc(F)cc1Cl. The molecular weight excluding hydrogens is 276 g/mol. The summed E-state index contributed by atoms with van der Waals surface area (Å²) in [6, 6.07) is 3.87. The Labute approximate surface area is 115 Å². The van der Waals surface area contributed by atoms with E-state index in [-0.39, 0.29) is 17.0 Å². The number of hydrogen-bond donors (Lipinski definition) is 1. The fourth-order valence-corrected chi connectivity index (χ4v) is 2.95. The maximum absolute atomic E-state index is 12.9. The largest absolute Gasteiger partial charge is 0.349 e. The molecule has 2 rings (SSSR count). The van der Waals surface area contributed by atoms with Gasteiger partial charge in [-0.1, -0.05) is 18.0 Å². The van der Waals surface area contributed by atoms with E-state index < -0.39 is 5.82 Å². The third kappa shape index (κ3) is 2.96.